The van der Waals surface area contributed by atoms with E-state index in [1.54, 1.807) is 19.9 Å². The number of fused-ring (bicyclic) bond motifs is 1. The van der Waals surface area contributed by atoms with Crippen LogP contribution in [0.4, 0.5) is 13.2 Å². The van der Waals surface area contributed by atoms with Crippen molar-refractivity contribution in [3.05, 3.63) is 80.0 Å². The minimum Gasteiger partial charge on any atom is -0.468 e. The molecule has 0 saturated carbocycles. The number of carbonyl (C=O) groups is 2. The average Bonchev–Trinajstić information content (AvgIpc) is 3.56. The Hall–Kier alpha value is -3.34. The number of amidine groups is 1. The Morgan fingerprint density at radius 3 is 2.34 bits per heavy atom. The summed E-state index contributed by atoms with van der Waals surface area (Å²) >= 11 is 12.8. The van der Waals surface area contributed by atoms with Gasteiger partial charge in [0.1, 0.15) is 5.84 Å². The second kappa shape index (κ2) is 15.6. The maximum absolute atomic E-state index is 13.5. The summed E-state index contributed by atoms with van der Waals surface area (Å²) in [6, 6.07) is 8.48. The number of halogens is 5. The highest BCUT2D eigenvalue weighted by atomic mass is 35.5. The lowest BCUT2D eigenvalue weighted by Gasteiger charge is -2.23. The van der Waals surface area contributed by atoms with Crippen molar-refractivity contribution in [3.63, 3.8) is 0 Å². The number of amides is 1. The summed E-state index contributed by atoms with van der Waals surface area (Å²) in [5.74, 6) is 0.228. The molecule has 0 bridgehead atoms. The fraction of sp³-hybridized carbons (Fsp3) is 0.406. The molecule has 2 heterocycles. The number of benzene rings is 2. The number of nitrogens with one attached hydrogen (secondary N) is 2. The molecule has 4 rings (SSSR count). The van der Waals surface area contributed by atoms with Crippen LogP contribution >= 0.6 is 23.2 Å². The monoisotopic (exact) mass is 652 g/mol. The summed E-state index contributed by atoms with van der Waals surface area (Å²) in [5, 5.41) is 6.88. The number of carbonyl (C=O) groups excluding carboxylic acids is 2. The first-order chi connectivity index (χ1) is 20.7. The molecular weight excluding hydrogens is 616 g/mol. The minimum atomic E-state index is -4.49. The van der Waals surface area contributed by atoms with Gasteiger partial charge in [0.25, 0.3) is 12.4 Å². The number of alkyl halides is 3. The summed E-state index contributed by atoms with van der Waals surface area (Å²) in [4.78, 5) is 29.0. The van der Waals surface area contributed by atoms with Gasteiger partial charge in [-0.05, 0) is 77.8 Å². The van der Waals surface area contributed by atoms with Gasteiger partial charge in [-0.15, -0.1) is 0 Å². The number of allylic oxidation sites excluding steroid dienone is 2. The standard InChI is InChI=1S/C29H31Cl2F3N4O.C3H6O2/c1-16(2)10-23-24(30)12-21(13-25(23)31)28(39)37-18(4)36-27(19-6-5-7-22(11-19)29(32,33)34)17(3)38-14-20-8-9-35-26(20)15-38;1-2-5-3-4/h5-7,10-13,20,26,35H,8-9,14-15H2,1-4H3,(H,36,37,39);3H,2H2,1H3/b27-17+;. The lowest BCUT2D eigenvalue weighted by Crippen LogP contribution is -2.30. The highest BCUT2D eigenvalue weighted by Crippen LogP contribution is 2.35. The van der Waals surface area contributed by atoms with Crippen molar-refractivity contribution in [2.45, 2.75) is 53.3 Å². The third-order valence-electron chi connectivity index (χ3n) is 7.23. The van der Waals surface area contributed by atoms with Gasteiger partial charge in [-0.3, -0.25) is 9.59 Å². The largest absolute Gasteiger partial charge is 0.468 e. The van der Waals surface area contributed by atoms with Crippen molar-refractivity contribution in [2.24, 2.45) is 10.9 Å². The Morgan fingerprint density at radius 1 is 1.11 bits per heavy atom. The summed E-state index contributed by atoms with van der Waals surface area (Å²) in [6.45, 7) is 12.5. The molecule has 1 amide bonds. The van der Waals surface area contributed by atoms with Crippen LogP contribution in [0.5, 0.6) is 0 Å². The molecule has 0 spiro atoms. The summed E-state index contributed by atoms with van der Waals surface area (Å²) in [6.07, 6.45) is -1.61. The van der Waals surface area contributed by atoms with Gasteiger partial charge in [-0.1, -0.05) is 47.0 Å². The quantitative estimate of drug-likeness (QED) is 0.184. The zero-order chi connectivity index (χ0) is 32.6. The van der Waals surface area contributed by atoms with E-state index >= 15 is 0 Å². The fourth-order valence-corrected chi connectivity index (χ4v) is 5.71. The molecule has 238 valence electrons. The van der Waals surface area contributed by atoms with Crippen molar-refractivity contribution in [1.29, 1.82) is 0 Å². The zero-order valence-electron chi connectivity index (χ0n) is 25.3. The van der Waals surface area contributed by atoms with Crippen molar-refractivity contribution >= 4 is 53.2 Å². The zero-order valence-corrected chi connectivity index (χ0v) is 26.8. The van der Waals surface area contributed by atoms with E-state index in [2.05, 4.69) is 25.3 Å². The molecule has 44 heavy (non-hydrogen) atoms. The molecule has 2 aliphatic heterocycles. The number of ether oxygens (including phenoxy) is 1. The van der Waals surface area contributed by atoms with E-state index in [1.165, 1.54) is 18.2 Å². The number of aliphatic imine (C=N–C) groups is 1. The number of hydrogen-bond acceptors (Lipinski definition) is 6. The van der Waals surface area contributed by atoms with Gasteiger partial charge in [0, 0.05) is 41.5 Å². The smallest absolute Gasteiger partial charge is 0.416 e. The SMILES string of the molecule is CC(C)=Cc1c(Cl)cc(C(=O)NC(C)=N/C(=C(\C)N2CC3CCNC3C2)c2cccc(C(F)(F)F)c2)cc1Cl.CCOC=O. The highest BCUT2D eigenvalue weighted by Gasteiger charge is 2.37. The predicted molar refractivity (Wildman–Crippen MR) is 170 cm³/mol. The first-order valence-electron chi connectivity index (χ1n) is 14.2. The maximum atomic E-state index is 13.5. The van der Waals surface area contributed by atoms with Gasteiger partial charge in [0.15, 0.2) is 0 Å². The molecule has 2 fully saturated rings. The van der Waals surface area contributed by atoms with Crippen molar-refractivity contribution in [2.75, 3.05) is 26.2 Å². The van der Waals surface area contributed by atoms with Crippen LogP contribution in [-0.4, -0.2) is 55.4 Å². The first kappa shape index (κ1) is 35.1. The first-order valence-corrected chi connectivity index (χ1v) is 14.9. The van der Waals surface area contributed by atoms with E-state index in [0.29, 0.717) is 51.9 Å². The number of hydrogen-bond donors (Lipinski definition) is 2. The van der Waals surface area contributed by atoms with Gasteiger partial charge >= 0.3 is 6.18 Å². The Morgan fingerprint density at radius 2 is 1.80 bits per heavy atom. The van der Waals surface area contributed by atoms with Gasteiger partial charge in [0.2, 0.25) is 0 Å². The van der Waals surface area contributed by atoms with Gasteiger partial charge < -0.3 is 20.3 Å². The second-order valence-electron chi connectivity index (χ2n) is 10.8. The summed E-state index contributed by atoms with van der Waals surface area (Å²) in [7, 11) is 0. The molecular formula is C32H37Cl2F3N4O3. The fourth-order valence-electron chi connectivity index (χ4n) is 5.11. The lowest BCUT2D eigenvalue weighted by molar-refractivity contribution is -0.137. The van der Waals surface area contributed by atoms with Crippen LogP contribution in [0, 0.1) is 5.92 Å². The molecule has 0 radical (unpaired) electrons. The van der Waals surface area contributed by atoms with Gasteiger partial charge in [-0.2, -0.15) is 13.2 Å². The Bertz CT molecular complexity index is 1420. The number of likely N-dealkylation sites (tertiary alicyclic amines) is 1. The molecule has 2 saturated heterocycles. The van der Waals surface area contributed by atoms with E-state index < -0.39 is 17.6 Å². The molecule has 2 aromatic carbocycles. The van der Waals surface area contributed by atoms with Crippen molar-refractivity contribution in [3.8, 4) is 0 Å². The third kappa shape index (κ3) is 9.33. The Balaban J connectivity index is 0.000000978. The minimum absolute atomic E-state index is 0.227. The van der Waals surface area contributed by atoms with E-state index in [1.807, 2.05) is 26.8 Å². The molecule has 2 unspecified atom stereocenters. The highest BCUT2D eigenvalue weighted by molar-refractivity contribution is 6.37. The third-order valence-corrected chi connectivity index (χ3v) is 7.85. The normalized spacial score (nSPS) is 18.5. The van der Waals surface area contributed by atoms with Gasteiger partial charge in [-0.25, -0.2) is 4.99 Å². The van der Waals surface area contributed by atoms with E-state index in [-0.39, 0.29) is 11.4 Å². The summed E-state index contributed by atoms with van der Waals surface area (Å²) in [5.41, 5.74) is 2.53. The van der Waals surface area contributed by atoms with E-state index in [0.717, 1.165) is 49.5 Å². The topological polar surface area (TPSA) is 83.0 Å². The van der Waals surface area contributed by atoms with Crippen molar-refractivity contribution < 1.29 is 27.5 Å². The molecule has 0 aliphatic carbocycles. The van der Waals surface area contributed by atoms with Crippen LogP contribution in [0.2, 0.25) is 10.0 Å². The average molecular weight is 654 g/mol. The van der Waals surface area contributed by atoms with Gasteiger partial charge in [0.05, 0.1) is 27.9 Å². The Kier molecular flexibility index (Phi) is 12.5. The molecule has 2 N–H and O–H groups in total. The predicted octanol–water partition coefficient (Wildman–Crippen LogP) is 7.45. The molecule has 2 aromatic rings. The second-order valence-corrected chi connectivity index (χ2v) is 11.6. The molecule has 2 atom stereocenters. The Labute approximate surface area is 266 Å². The van der Waals surface area contributed by atoms with Crippen LogP contribution in [-0.2, 0) is 15.7 Å². The van der Waals surface area contributed by atoms with Crippen LogP contribution in [0.25, 0.3) is 11.8 Å². The lowest BCUT2D eigenvalue weighted by atomic mass is 10.1. The van der Waals surface area contributed by atoms with Crippen LogP contribution < -0.4 is 10.6 Å². The van der Waals surface area contributed by atoms with Crippen molar-refractivity contribution in [1.82, 2.24) is 15.5 Å². The molecule has 0 aromatic heterocycles. The van der Waals surface area contributed by atoms with E-state index in [9.17, 15) is 22.8 Å². The number of rotatable bonds is 7. The van der Waals surface area contributed by atoms with Crippen LogP contribution in [0.3, 0.4) is 0 Å². The van der Waals surface area contributed by atoms with Crippen LogP contribution in [0.1, 0.15) is 68.1 Å². The van der Waals surface area contributed by atoms with Crippen LogP contribution in [0.15, 0.2) is 52.7 Å². The maximum Gasteiger partial charge on any atom is 0.416 e. The molecule has 2 aliphatic rings. The van der Waals surface area contributed by atoms with E-state index in [4.69, 9.17) is 23.2 Å². The molecule has 7 nitrogen and oxygen atoms in total. The number of nitrogens with zero attached hydrogens (tertiary/aromatic N) is 2. The summed E-state index contributed by atoms with van der Waals surface area (Å²) < 4.78 is 44.7. The molecule has 12 heteroatoms.